The Labute approximate surface area is 205 Å². The number of para-hydroxylation sites is 1. The number of rotatable bonds is 4. The summed E-state index contributed by atoms with van der Waals surface area (Å²) in [7, 11) is 0. The lowest BCUT2D eigenvalue weighted by Crippen LogP contribution is -2.35. The van der Waals surface area contributed by atoms with E-state index < -0.39 is 0 Å². The second-order valence-corrected chi connectivity index (χ2v) is 9.95. The van der Waals surface area contributed by atoms with Crippen LogP contribution in [0.25, 0.3) is 6.08 Å². The maximum absolute atomic E-state index is 13.6. The highest BCUT2D eigenvalue weighted by atomic mass is 32.2. The maximum Gasteiger partial charge on any atom is 0.265 e. The summed E-state index contributed by atoms with van der Waals surface area (Å²) in [6.07, 6.45) is 5.29. The summed E-state index contributed by atoms with van der Waals surface area (Å²) in [4.78, 5) is 31.9. The number of benzene rings is 3. The van der Waals surface area contributed by atoms with Crippen molar-refractivity contribution in [1.29, 1.82) is 0 Å². The standard InChI is InChI=1S/C29H28N2O2S/c1-21-9-3-4-10-24(21)20-31-25-11-5-6-12-26(25)34-27(29(31)33)19-22-13-15-23(16-14-22)28(32)30-17-7-2-8-18-30/h3-6,9-16,19H,2,7-8,17-18,20H2,1H3. The molecule has 0 spiro atoms. The summed E-state index contributed by atoms with van der Waals surface area (Å²) in [5.74, 6) is 0.0979. The van der Waals surface area contributed by atoms with Crippen molar-refractivity contribution in [3.63, 3.8) is 0 Å². The fraction of sp³-hybridized carbons (Fsp3) is 0.241. The van der Waals surface area contributed by atoms with Crippen LogP contribution in [0.1, 0.15) is 46.3 Å². The minimum Gasteiger partial charge on any atom is -0.339 e. The third kappa shape index (κ3) is 4.66. The predicted octanol–water partition coefficient (Wildman–Crippen LogP) is 6.30. The van der Waals surface area contributed by atoms with Crippen LogP contribution >= 0.6 is 11.8 Å². The van der Waals surface area contributed by atoms with Gasteiger partial charge in [0, 0.05) is 23.5 Å². The van der Waals surface area contributed by atoms with Gasteiger partial charge in [-0.25, -0.2) is 0 Å². The molecular formula is C29H28N2O2S. The molecule has 3 aromatic rings. The van der Waals surface area contributed by atoms with Gasteiger partial charge in [-0.2, -0.15) is 0 Å². The molecule has 0 bridgehead atoms. The first-order valence-corrected chi connectivity index (χ1v) is 12.7. The van der Waals surface area contributed by atoms with E-state index in [1.165, 1.54) is 23.7 Å². The number of fused-ring (bicyclic) bond motifs is 1. The molecule has 2 aliphatic heterocycles. The van der Waals surface area contributed by atoms with Crippen molar-refractivity contribution in [1.82, 2.24) is 4.90 Å². The number of piperidine rings is 1. The van der Waals surface area contributed by atoms with Crippen molar-refractivity contribution in [2.75, 3.05) is 18.0 Å². The molecule has 2 aliphatic rings. The van der Waals surface area contributed by atoms with Gasteiger partial charge in [-0.3, -0.25) is 9.59 Å². The first kappa shape index (κ1) is 22.5. The van der Waals surface area contributed by atoms with Gasteiger partial charge in [-0.1, -0.05) is 60.3 Å². The summed E-state index contributed by atoms with van der Waals surface area (Å²) in [5.41, 5.74) is 4.88. The largest absolute Gasteiger partial charge is 0.339 e. The molecule has 2 heterocycles. The summed E-state index contributed by atoms with van der Waals surface area (Å²) in [6, 6.07) is 23.9. The molecule has 0 saturated carbocycles. The predicted molar refractivity (Wildman–Crippen MR) is 139 cm³/mol. The van der Waals surface area contributed by atoms with Crippen molar-refractivity contribution in [2.24, 2.45) is 0 Å². The number of likely N-dealkylation sites (tertiary alicyclic amines) is 1. The van der Waals surface area contributed by atoms with Crippen LogP contribution in [0.2, 0.25) is 0 Å². The molecule has 0 atom stereocenters. The molecule has 172 valence electrons. The van der Waals surface area contributed by atoms with Gasteiger partial charge < -0.3 is 9.80 Å². The third-order valence-electron chi connectivity index (χ3n) is 6.52. The highest BCUT2D eigenvalue weighted by molar-refractivity contribution is 8.04. The van der Waals surface area contributed by atoms with Gasteiger partial charge >= 0.3 is 0 Å². The summed E-state index contributed by atoms with van der Waals surface area (Å²) >= 11 is 1.51. The molecule has 0 aliphatic carbocycles. The zero-order valence-electron chi connectivity index (χ0n) is 19.4. The van der Waals surface area contributed by atoms with Gasteiger partial charge in [0.15, 0.2) is 0 Å². The normalized spacial score (nSPS) is 17.1. The first-order chi connectivity index (χ1) is 16.6. The van der Waals surface area contributed by atoms with Gasteiger partial charge in [0.25, 0.3) is 11.8 Å². The van der Waals surface area contributed by atoms with Gasteiger partial charge in [-0.05, 0) is 73.2 Å². The molecule has 0 aromatic heterocycles. The number of carbonyl (C=O) groups is 2. The molecule has 5 heteroatoms. The van der Waals surface area contributed by atoms with Crippen molar-refractivity contribution >= 4 is 35.3 Å². The number of nitrogens with zero attached hydrogens (tertiary/aromatic N) is 2. The number of aryl methyl sites for hydroxylation is 1. The molecular weight excluding hydrogens is 440 g/mol. The Bertz CT molecular complexity index is 1240. The number of carbonyl (C=O) groups excluding carboxylic acids is 2. The van der Waals surface area contributed by atoms with Gasteiger partial charge in [0.05, 0.1) is 17.1 Å². The van der Waals surface area contributed by atoms with Gasteiger partial charge in [0.2, 0.25) is 0 Å². The molecule has 1 fully saturated rings. The van der Waals surface area contributed by atoms with E-state index in [9.17, 15) is 9.59 Å². The SMILES string of the molecule is Cc1ccccc1CN1C(=O)C(=Cc2ccc(C(=O)N3CCCCC3)cc2)Sc2ccccc21. The monoisotopic (exact) mass is 468 g/mol. The van der Waals surface area contributed by atoms with Crippen LogP contribution in [0.5, 0.6) is 0 Å². The Hall–Kier alpha value is -3.31. The van der Waals surface area contributed by atoms with Crippen molar-refractivity contribution in [2.45, 2.75) is 37.6 Å². The molecule has 1 saturated heterocycles. The van der Waals surface area contributed by atoms with Crippen LogP contribution in [-0.2, 0) is 11.3 Å². The Kier molecular flexibility index (Phi) is 6.54. The minimum absolute atomic E-state index is 0.000391. The lowest BCUT2D eigenvalue weighted by atomic mass is 10.1. The van der Waals surface area contributed by atoms with E-state index in [1.54, 1.807) is 0 Å². The maximum atomic E-state index is 13.6. The highest BCUT2D eigenvalue weighted by Gasteiger charge is 2.29. The molecule has 0 N–H and O–H groups in total. The third-order valence-corrected chi connectivity index (χ3v) is 7.60. The molecule has 3 aromatic carbocycles. The molecule has 0 unspecified atom stereocenters. The Morgan fingerprint density at radius 3 is 2.38 bits per heavy atom. The number of hydrogen-bond donors (Lipinski definition) is 0. The van der Waals surface area contributed by atoms with Crippen molar-refractivity contribution < 1.29 is 9.59 Å². The van der Waals surface area contributed by atoms with E-state index in [-0.39, 0.29) is 11.8 Å². The fourth-order valence-electron chi connectivity index (χ4n) is 4.53. The van der Waals surface area contributed by atoms with Crippen LogP contribution in [0.15, 0.2) is 82.6 Å². The number of hydrogen-bond acceptors (Lipinski definition) is 3. The fourth-order valence-corrected chi connectivity index (χ4v) is 5.59. The van der Waals surface area contributed by atoms with Crippen LogP contribution in [0.3, 0.4) is 0 Å². The van der Waals surface area contributed by atoms with E-state index in [1.807, 2.05) is 70.5 Å². The zero-order chi connectivity index (χ0) is 23.5. The average Bonchev–Trinajstić information content (AvgIpc) is 2.88. The number of thioether (sulfide) groups is 1. The first-order valence-electron chi connectivity index (χ1n) is 11.8. The molecule has 4 nitrogen and oxygen atoms in total. The second kappa shape index (κ2) is 9.90. The molecule has 5 rings (SSSR count). The van der Waals surface area contributed by atoms with E-state index in [2.05, 4.69) is 25.1 Å². The minimum atomic E-state index is 0.000391. The second-order valence-electron chi connectivity index (χ2n) is 8.87. The van der Waals surface area contributed by atoms with Crippen molar-refractivity contribution in [3.8, 4) is 0 Å². The van der Waals surface area contributed by atoms with Crippen molar-refractivity contribution in [3.05, 3.63) is 100.0 Å². The van der Waals surface area contributed by atoms with Crippen LogP contribution < -0.4 is 4.90 Å². The van der Waals surface area contributed by atoms with Gasteiger partial charge in [0.1, 0.15) is 0 Å². The lowest BCUT2D eigenvalue weighted by molar-refractivity contribution is -0.114. The van der Waals surface area contributed by atoms with Crippen LogP contribution in [0, 0.1) is 6.92 Å². The summed E-state index contributed by atoms with van der Waals surface area (Å²) < 4.78 is 0. The molecule has 0 radical (unpaired) electrons. The topological polar surface area (TPSA) is 40.6 Å². The van der Waals surface area contributed by atoms with Crippen LogP contribution in [0.4, 0.5) is 5.69 Å². The molecule has 34 heavy (non-hydrogen) atoms. The Morgan fingerprint density at radius 2 is 1.62 bits per heavy atom. The Morgan fingerprint density at radius 1 is 0.912 bits per heavy atom. The van der Waals surface area contributed by atoms with E-state index in [0.29, 0.717) is 17.0 Å². The average molecular weight is 469 g/mol. The van der Waals surface area contributed by atoms with Gasteiger partial charge in [-0.15, -0.1) is 0 Å². The summed E-state index contributed by atoms with van der Waals surface area (Å²) in [5, 5.41) is 0. The Balaban J connectivity index is 1.41. The summed E-state index contributed by atoms with van der Waals surface area (Å²) in [6.45, 7) is 4.29. The zero-order valence-corrected chi connectivity index (χ0v) is 20.2. The quantitative estimate of drug-likeness (QED) is 0.422. The highest BCUT2D eigenvalue weighted by Crippen LogP contribution is 2.42. The number of amides is 2. The van der Waals surface area contributed by atoms with E-state index in [0.717, 1.165) is 47.6 Å². The molecule has 2 amide bonds. The number of anilines is 1. The van der Waals surface area contributed by atoms with Crippen LogP contribution in [-0.4, -0.2) is 29.8 Å². The van der Waals surface area contributed by atoms with E-state index in [4.69, 9.17) is 0 Å². The smallest absolute Gasteiger partial charge is 0.265 e. The lowest BCUT2D eigenvalue weighted by Gasteiger charge is -2.31. The van der Waals surface area contributed by atoms with E-state index >= 15 is 0 Å².